The van der Waals surface area contributed by atoms with Crippen LogP contribution in [0.5, 0.6) is 0 Å². The monoisotopic (exact) mass is 241 g/mol. The number of unbranched alkanes of at least 4 members (excludes halogenated alkanes) is 3. The highest BCUT2D eigenvalue weighted by Gasteiger charge is 2.11. The molecule has 0 N–H and O–H groups in total. The third-order valence-corrected chi connectivity index (χ3v) is 3.49. The molecule has 0 aliphatic carbocycles. The molecule has 0 aliphatic rings. The Morgan fingerprint density at radius 2 is 1.72 bits per heavy atom. The summed E-state index contributed by atoms with van der Waals surface area (Å²) in [7, 11) is 0. The third-order valence-electron chi connectivity index (χ3n) is 3.49. The van der Waals surface area contributed by atoms with Gasteiger partial charge < -0.3 is 0 Å². The average Bonchev–Trinajstić information content (AvgIpc) is 2.43. The minimum Gasteiger partial charge on any atom is -0.228 e. The fourth-order valence-corrected chi connectivity index (χ4v) is 2.44. The van der Waals surface area contributed by atoms with Crippen LogP contribution in [-0.2, 0) is 5.11 Å². The van der Waals surface area contributed by atoms with Crippen molar-refractivity contribution in [1.29, 1.82) is 0 Å². The van der Waals surface area contributed by atoms with Gasteiger partial charge in [0.05, 0.1) is 0 Å². The van der Waals surface area contributed by atoms with E-state index in [0.717, 1.165) is 23.8 Å². The molecular weight excluding hydrogens is 220 g/mol. The molecular formula is C17H21O. The Morgan fingerprint density at radius 3 is 2.56 bits per heavy atom. The number of hydrogen-bond donors (Lipinski definition) is 0. The van der Waals surface area contributed by atoms with Crippen molar-refractivity contribution < 1.29 is 5.11 Å². The molecule has 2 aromatic carbocycles. The van der Waals surface area contributed by atoms with Crippen LogP contribution < -0.4 is 0 Å². The number of rotatable bonds is 6. The Morgan fingerprint density at radius 1 is 0.944 bits per heavy atom. The Kier molecular flexibility index (Phi) is 4.77. The maximum atomic E-state index is 12.3. The van der Waals surface area contributed by atoms with Crippen molar-refractivity contribution in [2.75, 3.05) is 0 Å². The first-order valence-corrected chi connectivity index (χ1v) is 6.96. The van der Waals surface area contributed by atoms with Gasteiger partial charge in [-0.05, 0) is 22.8 Å². The van der Waals surface area contributed by atoms with Gasteiger partial charge in [-0.3, -0.25) is 0 Å². The first-order valence-electron chi connectivity index (χ1n) is 6.96. The van der Waals surface area contributed by atoms with Crippen LogP contribution in [0.4, 0.5) is 0 Å². The first-order chi connectivity index (χ1) is 8.83. The van der Waals surface area contributed by atoms with Gasteiger partial charge in [-0.2, -0.15) is 0 Å². The standard InChI is InChI=1S/C17H21O/c1-2-3-4-5-13-17(18)16-12-8-10-14-9-6-7-11-15(14)16/h6-12,17H,2-5,13H2,1H3. The predicted octanol–water partition coefficient (Wildman–Crippen LogP) is 5.28. The van der Waals surface area contributed by atoms with E-state index in [1.54, 1.807) is 0 Å². The summed E-state index contributed by atoms with van der Waals surface area (Å²) in [6, 6.07) is 14.2. The van der Waals surface area contributed by atoms with Crippen LogP contribution in [0.3, 0.4) is 0 Å². The van der Waals surface area contributed by atoms with E-state index in [9.17, 15) is 5.11 Å². The molecule has 95 valence electrons. The minimum absolute atomic E-state index is 0.576. The van der Waals surface area contributed by atoms with Crippen LogP contribution in [0, 0.1) is 0 Å². The second-order valence-corrected chi connectivity index (χ2v) is 4.91. The molecule has 1 nitrogen and oxygen atoms in total. The zero-order chi connectivity index (χ0) is 12.8. The molecule has 1 heteroatoms. The fraction of sp³-hybridized carbons (Fsp3) is 0.412. The Hall–Kier alpha value is -1.34. The third kappa shape index (κ3) is 3.11. The summed E-state index contributed by atoms with van der Waals surface area (Å²) in [5, 5.41) is 14.6. The summed E-state index contributed by atoms with van der Waals surface area (Å²) in [6.45, 7) is 2.19. The molecule has 0 aliphatic heterocycles. The fourth-order valence-electron chi connectivity index (χ4n) is 2.44. The lowest BCUT2D eigenvalue weighted by atomic mass is 9.97. The number of hydrogen-bond acceptors (Lipinski definition) is 0. The van der Waals surface area contributed by atoms with Gasteiger partial charge in [0, 0.05) is 0 Å². The summed E-state index contributed by atoms with van der Waals surface area (Å²) in [5.41, 5.74) is 0.963. The van der Waals surface area contributed by atoms with Crippen LogP contribution >= 0.6 is 0 Å². The van der Waals surface area contributed by atoms with Gasteiger partial charge in [0.2, 0.25) is 0 Å². The summed E-state index contributed by atoms with van der Waals surface area (Å²) in [6.07, 6.45) is 4.87. The molecule has 0 saturated heterocycles. The van der Waals surface area contributed by atoms with Gasteiger partial charge in [0.25, 0.3) is 0 Å². The molecule has 0 fully saturated rings. The Labute approximate surface area is 109 Å². The maximum Gasteiger partial charge on any atom is 0.119 e. The smallest absolute Gasteiger partial charge is 0.119 e. The molecule has 2 aromatic rings. The molecule has 1 atom stereocenters. The number of benzene rings is 2. The van der Waals surface area contributed by atoms with Crippen LogP contribution in [0.15, 0.2) is 42.5 Å². The van der Waals surface area contributed by atoms with Crippen LogP contribution in [-0.4, -0.2) is 0 Å². The van der Waals surface area contributed by atoms with Crippen LogP contribution in [0.1, 0.15) is 50.7 Å². The molecule has 18 heavy (non-hydrogen) atoms. The highest BCUT2D eigenvalue weighted by molar-refractivity contribution is 5.85. The SMILES string of the molecule is CCCCCCC([O])c1cccc2ccccc12. The average molecular weight is 241 g/mol. The van der Waals surface area contributed by atoms with Gasteiger partial charge in [-0.15, -0.1) is 0 Å². The van der Waals surface area contributed by atoms with Gasteiger partial charge in [-0.25, -0.2) is 5.11 Å². The van der Waals surface area contributed by atoms with E-state index in [1.165, 1.54) is 24.6 Å². The molecule has 0 spiro atoms. The van der Waals surface area contributed by atoms with Crippen molar-refractivity contribution >= 4 is 10.8 Å². The number of fused-ring (bicyclic) bond motifs is 1. The molecule has 1 radical (unpaired) electrons. The second kappa shape index (κ2) is 6.55. The summed E-state index contributed by atoms with van der Waals surface area (Å²) < 4.78 is 0. The van der Waals surface area contributed by atoms with Crippen LogP contribution in [0.25, 0.3) is 10.8 Å². The van der Waals surface area contributed by atoms with E-state index in [1.807, 2.05) is 24.3 Å². The van der Waals surface area contributed by atoms with Crippen molar-refractivity contribution in [3.8, 4) is 0 Å². The molecule has 0 aromatic heterocycles. The second-order valence-electron chi connectivity index (χ2n) is 4.91. The topological polar surface area (TPSA) is 19.9 Å². The van der Waals surface area contributed by atoms with Gasteiger partial charge in [-0.1, -0.05) is 75.1 Å². The minimum atomic E-state index is -0.576. The van der Waals surface area contributed by atoms with Crippen molar-refractivity contribution in [1.82, 2.24) is 0 Å². The van der Waals surface area contributed by atoms with Gasteiger partial charge in [0.1, 0.15) is 6.10 Å². The summed E-state index contributed by atoms with van der Waals surface area (Å²) in [5.74, 6) is 0. The van der Waals surface area contributed by atoms with E-state index >= 15 is 0 Å². The quantitative estimate of drug-likeness (QED) is 0.613. The van der Waals surface area contributed by atoms with Crippen molar-refractivity contribution in [3.63, 3.8) is 0 Å². The maximum absolute atomic E-state index is 12.3. The van der Waals surface area contributed by atoms with E-state index < -0.39 is 6.10 Å². The largest absolute Gasteiger partial charge is 0.228 e. The first kappa shape index (κ1) is 13.1. The molecule has 0 amide bonds. The van der Waals surface area contributed by atoms with Crippen molar-refractivity contribution in [2.24, 2.45) is 0 Å². The normalized spacial score (nSPS) is 12.8. The van der Waals surface area contributed by atoms with E-state index in [-0.39, 0.29) is 0 Å². The van der Waals surface area contributed by atoms with Gasteiger partial charge >= 0.3 is 0 Å². The molecule has 2 rings (SSSR count). The lowest BCUT2D eigenvalue weighted by Crippen LogP contribution is -1.97. The van der Waals surface area contributed by atoms with Crippen molar-refractivity contribution in [2.45, 2.75) is 45.1 Å². The Balaban J connectivity index is 2.10. The predicted molar refractivity (Wildman–Crippen MR) is 76.1 cm³/mol. The summed E-state index contributed by atoms with van der Waals surface area (Å²) in [4.78, 5) is 0. The lowest BCUT2D eigenvalue weighted by molar-refractivity contribution is 0.0798. The molecule has 0 heterocycles. The van der Waals surface area contributed by atoms with Gasteiger partial charge in [0.15, 0.2) is 0 Å². The lowest BCUT2D eigenvalue weighted by Gasteiger charge is -2.11. The Bertz CT molecular complexity index is 484. The molecule has 1 unspecified atom stereocenters. The highest BCUT2D eigenvalue weighted by Crippen LogP contribution is 2.27. The summed E-state index contributed by atoms with van der Waals surface area (Å²) >= 11 is 0. The highest BCUT2D eigenvalue weighted by atomic mass is 16.3. The van der Waals surface area contributed by atoms with E-state index in [0.29, 0.717) is 0 Å². The van der Waals surface area contributed by atoms with Crippen molar-refractivity contribution in [3.05, 3.63) is 48.0 Å². The van der Waals surface area contributed by atoms with E-state index in [2.05, 4.69) is 25.1 Å². The zero-order valence-electron chi connectivity index (χ0n) is 11.1. The molecule has 0 bridgehead atoms. The zero-order valence-corrected chi connectivity index (χ0v) is 11.1. The van der Waals surface area contributed by atoms with Crippen LogP contribution in [0.2, 0.25) is 0 Å². The van der Waals surface area contributed by atoms with E-state index in [4.69, 9.17) is 0 Å². The molecule has 0 saturated carbocycles.